The minimum Gasteiger partial charge on any atom is -0.297 e. The molecule has 1 unspecified atom stereocenters. The fourth-order valence-electron chi connectivity index (χ4n) is 3.92. The molecule has 1 saturated heterocycles. The molecule has 2 heteroatoms. The van der Waals surface area contributed by atoms with Gasteiger partial charge in [-0.2, -0.15) is 0 Å². The van der Waals surface area contributed by atoms with Crippen LogP contribution < -0.4 is 0 Å². The molecular formula is C17H31NO. The molecule has 2 aliphatic rings. The van der Waals surface area contributed by atoms with Crippen molar-refractivity contribution in [2.75, 3.05) is 13.1 Å². The standard InChI is InChI=1S/C17H31NO/c1-3-17(2,18-13-9-6-10-14-18)16(19)15-11-7-4-5-8-12-15/h15H,3-14H2,1-2H3. The summed E-state index contributed by atoms with van der Waals surface area (Å²) in [4.78, 5) is 15.6. The van der Waals surface area contributed by atoms with Gasteiger partial charge in [-0.15, -0.1) is 0 Å². The number of ketones is 1. The molecule has 1 aliphatic heterocycles. The Kier molecular flexibility index (Phi) is 5.44. The maximum Gasteiger partial charge on any atom is 0.155 e. The average Bonchev–Trinajstić information content (AvgIpc) is 2.75. The maximum atomic E-state index is 13.1. The first-order valence-corrected chi connectivity index (χ1v) is 8.48. The molecule has 0 radical (unpaired) electrons. The molecule has 0 aromatic heterocycles. The van der Waals surface area contributed by atoms with Crippen LogP contribution in [0.3, 0.4) is 0 Å². The first-order chi connectivity index (χ1) is 9.18. The zero-order chi connectivity index (χ0) is 13.7. The number of likely N-dealkylation sites (tertiary alicyclic amines) is 1. The van der Waals surface area contributed by atoms with Gasteiger partial charge in [-0.1, -0.05) is 39.0 Å². The van der Waals surface area contributed by atoms with Crippen LogP contribution in [0.5, 0.6) is 0 Å². The molecule has 0 aromatic carbocycles. The molecule has 0 spiro atoms. The average molecular weight is 265 g/mol. The second kappa shape index (κ2) is 6.88. The Bertz CT molecular complexity index is 288. The highest BCUT2D eigenvalue weighted by atomic mass is 16.1. The smallest absolute Gasteiger partial charge is 0.155 e. The Hall–Kier alpha value is -0.370. The van der Waals surface area contributed by atoms with Crippen molar-refractivity contribution >= 4 is 5.78 Å². The fourth-order valence-corrected chi connectivity index (χ4v) is 3.92. The van der Waals surface area contributed by atoms with Gasteiger partial charge in [0.25, 0.3) is 0 Å². The second-order valence-corrected chi connectivity index (χ2v) is 6.73. The molecular weight excluding hydrogens is 234 g/mol. The fraction of sp³-hybridized carbons (Fsp3) is 0.941. The Morgan fingerprint density at radius 2 is 1.53 bits per heavy atom. The first kappa shape index (κ1) is 15.0. The van der Waals surface area contributed by atoms with E-state index < -0.39 is 0 Å². The van der Waals surface area contributed by atoms with Crippen LogP contribution >= 0.6 is 0 Å². The van der Waals surface area contributed by atoms with E-state index in [9.17, 15) is 4.79 Å². The van der Waals surface area contributed by atoms with E-state index in [0.717, 1.165) is 32.4 Å². The molecule has 0 bridgehead atoms. The lowest BCUT2D eigenvalue weighted by molar-refractivity contribution is -0.136. The Balaban J connectivity index is 2.07. The van der Waals surface area contributed by atoms with E-state index in [2.05, 4.69) is 18.7 Å². The van der Waals surface area contributed by atoms with E-state index in [0.29, 0.717) is 11.7 Å². The van der Waals surface area contributed by atoms with Crippen molar-refractivity contribution in [1.82, 2.24) is 4.90 Å². The molecule has 1 saturated carbocycles. The van der Waals surface area contributed by atoms with Crippen LogP contribution in [0.2, 0.25) is 0 Å². The lowest BCUT2D eigenvalue weighted by Gasteiger charge is -2.43. The second-order valence-electron chi connectivity index (χ2n) is 6.73. The number of carbonyl (C=O) groups excluding carboxylic acids is 1. The highest BCUT2D eigenvalue weighted by molar-refractivity contribution is 5.90. The van der Waals surface area contributed by atoms with Crippen LogP contribution in [-0.4, -0.2) is 29.3 Å². The summed E-state index contributed by atoms with van der Waals surface area (Å²) in [7, 11) is 0. The van der Waals surface area contributed by atoms with E-state index in [1.807, 2.05) is 0 Å². The predicted octanol–water partition coefficient (Wildman–Crippen LogP) is 4.18. The van der Waals surface area contributed by atoms with Crippen molar-refractivity contribution in [3.05, 3.63) is 0 Å². The van der Waals surface area contributed by atoms with Gasteiger partial charge in [0, 0.05) is 5.92 Å². The van der Waals surface area contributed by atoms with Gasteiger partial charge in [-0.25, -0.2) is 0 Å². The van der Waals surface area contributed by atoms with E-state index in [1.54, 1.807) is 0 Å². The topological polar surface area (TPSA) is 20.3 Å². The van der Waals surface area contributed by atoms with Crippen molar-refractivity contribution in [1.29, 1.82) is 0 Å². The highest BCUT2D eigenvalue weighted by Crippen LogP contribution is 2.33. The third-order valence-corrected chi connectivity index (χ3v) is 5.50. The number of rotatable bonds is 4. The normalized spacial score (nSPS) is 26.6. The summed E-state index contributed by atoms with van der Waals surface area (Å²) in [5.41, 5.74) is -0.185. The molecule has 2 nitrogen and oxygen atoms in total. The lowest BCUT2D eigenvalue weighted by Crippen LogP contribution is -2.55. The third-order valence-electron chi connectivity index (χ3n) is 5.50. The molecule has 0 amide bonds. The maximum absolute atomic E-state index is 13.1. The van der Waals surface area contributed by atoms with Gasteiger partial charge >= 0.3 is 0 Å². The van der Waals surface area contributed by atoms with Gasteiger partial charge in [0.05, 0.1) is 5.54 Å². The summed E-state index contributed by atoms with van der Waals surface area (Å²) >= 11 is 0. The van der Waals surface area contributed by atoms with Crippen molar-refractivity contribution in [3.8, 4) is 0 Å². The van der Waals surface area contributed by atoms with E-state index in [-0.39, 0.29) is 5.54 Å². The molecule has 0 N–H and O–H groups in total. The van der Waals surface area contributed by atoms with Crippen molar-refractivity contribution in [2.24, 2.45) is 5.92 Å². The number of nitrogens with zero attached hydrogens (tertiary/aromatic N) is 1. The van der Waals surface area contributed by atoms with E-state index in [1.165, 1.54) is 44.9 Å². The summed E-state index contributed by atoms with van der Waals surface area (Å²) in [5.74, 6) is 0.896. The summed E-state index contributed by atoms with van der Waals surface area (Å²) < 4.78 is 0. The quantitative estimate of drug-likeness (QED) is 0.711. The summed E-state index contributed by atoms with van der Waals surface area (Å²) in [6.45, 7) is 6.67. The number of Topliss-reactive ketones (excluding diaryl/α,β-unsaturated/α-hetero) is 1. The van der Waals surface area contributed by atoms with Crippen LogP contribution in [-0.2, 0) is 4.79 Å². The minimum absolute atomic E-state index is 0.185. The molecule has 1 heterocycles. The highest BCUT2D eigenvalue weighted by Gasteiger charge is 2.41. The zero-order valence-electron chi connectivity index (χ0n) is 12.9. The van der Waals surface area contributed by atoms with E-state index in [4.69, 9.17) is 0 Å². The van der Waals surface area contributed by atoms with Gasteiger partial charge < -0.3 is 0 Å². The summed E-state index contributed by atoms with van der Waals surface area (Å²) in [5, 5.41) is 0. The minimum atomic E-state index is -0.185. The van der Waals surface area contributed by atoms with Crippen molar-refractivity contribution < 1.29 is 4.79 Å². The van der Waals surface area contributed by atoms with Crippen molar-refractivity contribution in [3.63, 3.8) is 0 Å². The van der Waals surface area contributed by atoms with Gasteiger partial charge in [0.2, 0.25) is 0 Å². The number of hydrogen-bond acceptors (Lipinski definition) is 2. The van der Waals surface area contributed by atoms with Gasteiger partial charge in [0.1, 0.15) is 0 Å². The number of hydrogen-bond donors (Lipinski definition) is 0. The predicted molar refractivity (Wildman–Crippen MR) is 80.3 cm³/mol. The van der Waals surface area contributed by atoms with Crippen LogP contribution in [0, 0.1) is 5.92 Å². The third kappa shape index (κ3) is 3.39. The summed E-state index contributed by atoms with van der Waals surface area (Å²) in [6.07, 6.45) is 12.3. The van der Waals surface area contributed by atoms with Crippen LogP contribution in [0.25, 0.3) is 0 Å². The molecule has 0 aromatic rings. The summed E-state index contributed by atoms with van der Waals surface area (Å²) in [6, 6.07) is 0. The molecule has 19 heavy (non-hydrogen) atoms. The van der Waals surface area contributed by atoms with Gasteiger partial charge in [-0.05, 0) is 52.1 Å². The van der Waals surface area contributed by atoms with Gasteiger partial charge in [0.15, 0.2) is 5.78 Å². The monoisotopic (exact) mass is 265 g/mol. The zero-order valence-corrected chi connectivity index (χ0v) is 12.9. The van der Waals surface area contributed by atoms with Crippen LogP contribution in [0.1, 0.15) is 78.1 Å². The number of piperidine rings is 1. The van der Waals surface area contributed by atoms with Crippen LogP contribution in [0.15, 0.2) is 0 Å². The van der Waals surface area contributed by atoms with Crippen LogP contribution in [0.4, 0.5) is 0 Å². The Morgan fingerprint density at radius 3 is 2.05 bits per heavy atom. The molecule has 1 aliphatic carbocycles. The SMILES string of the molecule is CCC(C)(C(=O)C1CCCCCC1)N1CCCCC1. The Morgan fingerprint density at radius 1 is 1.00 bits per heavy atom. The molecule has 2 fully saturated rings. The first-order valence-electron chi connectivity index (χ1n) is 8.48. The van der Waals surface area contributed by atoms with Crippen molar-refractivity contribution in [2.45, 2.75) is 83.6 Å². The molecule has 1 atom stereocenters. The largest absolute Gasteiger partial charge is 0.297 e. The molecule has 110 valence electrons. The van der Waals surface area contributed by atoms with Gasteiger partial charge in [-0.3, -0.25) is 9.69 Å². The Labute approximate surface area is 118 Å². The molecule has 2 rings (SSSR count). The van der Waals surface area contributed by atoms with E-state index >= 15 is 0 Å². The lowest BCUT2D eigenvalue weighted by atomic mass is 9.79. The number of carbonyl (C=O) groups is 1.